The molecule has 1 N–H and O–H groups in total. The third-order valence-corrected chi connectivity index (χ3v) is 4.49. The Morgan fingerprint density at radius 3 is 2.44 bits per heavy atom. The Balaban J connectivity index is 1.43. The SMILES string of the molecule is O=C(CC1CC2CCC(C1)N2)OC1CCOCC1. The van der Waals surface area contributed by atoms with E-state index in [2.05, 4.69) is 5.32 Å². The number of carbonyl (C=O) groups excluding carboxylic acids is 1. The fourth-order valence-corrected chi connectivity index (χ4v) is 3.61. The second kappa shape index (κ2) is 5.57. The van der Waals surface area contributed by atoms with Crippen LogP contribution in [0.15, 0.2) is 0 Å². The van der Waals surface area contributed by atoms with E-state index in [4.69, 9.17) is 9.47 Å². The Bertz CT molecular complexity index is 289. The second-order valence-corrected chi connectivity index (χ2v) is 5.98. The van der Waals surface area contributed by atoms with Crippen LogP contribution < -0.4 is 5.32 Å². The van der Waals surface area contributed by atoms with Crippen LogP contribution in [0.2, 0.25) is 0 Å². The number of fused-ring (bicyclic) bond motifs is 2. The Morgan fingerprint density at radius 2 is 1.78 bits per heavy atom. The quantitative estimate of drug-likeness (QED) is 0.777. The third kappa shape index (κ3) is 3.04. The van der Waals surface area contributed by atoms with Crippen molar-refractivity contribution in [3.05, 3.63) is 0 Å². The zero-order valence-corrected chi connectivity index (χ0v) is 10.9. The van der Waals surface area contributed by atoms with E-state index >= 15 is 0 Å². The number of piperidine rings is 1. The normalized spacial score (nSPS) is 36.6. The van der Waals surface area contributed by atoms with Gasteiger partial charge in [0, 0.05) is 31.3 Å². The Labute approximate surface area is 108 Å². The molecule has 0 spiro atoms. The molecule has 3 saturated heterocycles. The number of nitrogens with one attached hydrogen (secondary N) is 1. The summed E-state index contributed by atoms with van der Waals surface area (Å²) >= 11 is 0. The summed E-state index contributed by atoms with van der Waals surface area (Å²) in [5.41, 5.74) is 0. The zero-order chi connectivity index (χ0) is 12.4. The van der Waals surface area contributed by atoms with E-state index in [9.17, 15) is 4.79 Å². The van der Waals surface area contributed by atoms with E-state index in [0.717, 1.165) is 38.9 Å². The third-order valence-electron chi connectivity index (χ3n) is 4.49. The summed E-state index contributed by atoms with van der Waals surface area (Å²) < 4.78 is 10.8. The lowest BCUT2D eigenvalue weighted by Crippen LogP contribution is -2.39. The fourth-order valence-electron chi connectivity index (χ4n) is 3.61. The van der Waals surface area contributed by atoms with Crippen LogP contribution in [0, 0.1) is 5.92 Å². The van der Waals surface area contributed by atoms with Crippen LogP contribution in [-0.2, 0) is 14.3 Å². The maximum atomic E-state index is 11.9. The highest BCUT2D eigenvalue weighted by Gasteiger charge is 2.34. The average Bonchev–Trinajstić information content (AvgIpc) is 2.70. The molecule has 0 aromatic rings. The smallest absolute Gasteiger partial charge is 0.306 e. The fraction of sp³-hybridized carbons (Fsp3) is 0.929. The Kier molecular flexibility index (Phi) is 3.85. The van der Waals surface area contributed by atoms with Gasteiger partial charge < -0.3 is 14.8 Å². The van der Waals surface area contributed by atoms with E-state index in [1.165, 1.54) is 12.8 Å². The molecular formula is C14H23NO3. The molecule has 0 aromatic heterocycles. The molecule has 102 valence electrons. The summed E-state index contributed by atoms with van der Waals surface area (Å²) in [5, 5.41) is 3.61. The van der Waals surface area contributed by atoms with Crippen LogP contribution in [0.5, 0.6) is 0 Å². The molecule has 3 rings (SSSR count). The number of hydrogen-bond acceptors (Lipinski definition) is 4. The lowest BCUT2D eigenvalue weighted by Gasteiger charge is -2.29. The van der Waals surface area contributed by atoms with Gasteiger partial charge in [-0.15, -0.1) is 0 Å². The van der Waals surface area contributed by atoms with Crippen LogP contribution in [0.25, 0.3) is 0 Å². The van der Waals surface area contributed by atoms with Gasteiger partial charge in [-0.3, -0.25) is 4.79 Å². The van der Waals surface area contributed by atoms with Crippen molar-refractivity contribution in [3.8, 4) is 0 Å². The minimum Gasteiger partial charge on any atom is -0.462 e. The summed E-state index contributed by atoms with van der Waals surface area (Å²) in [7, 11) is 0. The molecule has 0 aromatic carbocycles. The molecule has 3 fully saturated rings. The predicted molar refractivity (Wildman–Crippen MR) is 67.2 cm³/mol. The molecule has 18 heavy (non-hydrogen) atoms. The number of hydrogen-bond donors (Lipinski definition) is 1. The van der Waals surface area contributed by atoms with Crippen molar-refractivity contribution in [2.24, 2.45) is 5.92 Å². The molecule has 4 heteroatoms. The van der Waals surface area contributed by atoms with Crippen LogP contribution in [0.3, 0.4) is 0 Å². The number of rotatable bonds is 3. The summed E-state index contributed by atoms with van der Waals surface area (Å²) in [4.78, 5) is 11.9. The highest BCUT2D eigenvalue weighted by molar-refractivity contribution is 5.70. The van der Waals surface area contributed by atoms with Gasteiger partial charge in [0.15, 0.2) is 0 Å². The first-order valence-corrected chi connectivity index (χ1v) is 7.33. The largest absolute Gasteiger partial charge is 0.462 e. The molecule has 2 unspecified atom stereocenters. The van der Waals surface area contributed by atoms with Crippen molar-refractivity contribution in [2.45, 2.75) is 63.1 Å². The molecule has 4 nitrogen and oxygen atoms in total. The maximum absolute atomic E-state index is 11.9. The highest BCUT2D eigenvalue weighted by atomic mass is 16.6. The van der Waals surface area contributed by atoms with E-state index in [0.29, 0.717) is 24.4 Å². The van der Waals surface area contributed by atoms with E-state index in [-0.39, 0.29) is 12.1 Å². The molecule has 3 aliphatic rings. The van der Waals surface area contributed by atoms with Crippen molar-refractivity contribution >= 4 is 5.97 Å². The van der Waals surface area contributed by atoms with Crippen molar-refractivity contribution < 1.29 is 14.3 Å². The molecule has 0 radical (unpaired) electrons. The van der Waals surface area contributed by atoms with Gasteiger partial charge in [0.1, 0.15) is 6.10 Å². The molecular weight excluding hydrogens is 230 g/mol. The molecule has 0 amide bonds. The molecule has 0 saturated carbocycles. The maximum Gasteiger partial charge on any atom is 0.306 e. The van der Waals surface area contributed by atoms with Crippen LogP contribution in [0.1, 0.15) is 44.9 Å². The lowest BCUT2D eigenvalue weighted by molar-refractivity contribution is -0.154. The van der Waals surface area contributed by atoms with E-state index in [1.54, 1.807) is 0 Å². The molecule has 3 aliphatic heterocycles. The Morgan fingerprint density at radius 1 is 1.11 bits per heavy atom. The number of ether oxygens (including phenoxy) is 2. The van der Waals surface area contributed by atoms with Crippen LogP contribution >= 0.6 is 0 Å². The first kappa shape index (κ1) is 12.4. The first-order chi connectivity index (χ1) is 8.79. The van der Waals surface area contributed by atoms with Gasteiger partial charge in [-0.25, -0.2) is 0 Å². The van der Waals surface area contributed by atoms with Gasteiger partial charge in [-0.05, 0) is 31.6 Å². The summed E-state index contributed by atoms with van der Waals surface area (Å²) in [6, 6.07) is 1.31. The molecule has 0 aliphatic carbocycles. The topological polar surface area (TPSA) is 47.6 Å². The van der Waals surface area contributed by atoms with Gasteiger partial charge in [0.25, 0.3) is 0 Å². The summed E-state index contributed by atoms with van der Waals surface area (Å²) in [6.07, 6.45) is 7.33. The molecule has 3 heterocycles. The van der Waals surface area contributed by atoms with Crippen molar-refractivity contribution in [3.63, 3.8) is 0 Å². The number of carbonyl (C=O) groups is 1. The van der Waals surface area contributed by atoms with Crippen molar-refractivity contribution in [2.75, 3.05) is 13.2 Å². The lowest BCUT2D eigenvalue weighted by atomic mass is 9.90. The zero-order valence-electron chi connectivity index (χ0n) is 10.9. The van der Waals surface area contributed by atoms with E-state index in [1.807, 2.05) is 0 Å². The average molecular weight is 253 g/mol. The molecule has 2 bridgehead atoms. The first-order valence-electron chi connectivity index (χ1n) is 7.33. The Hall–Kier alpha value is -0.610. The standard InChI is InChI=1S/C14H23NO3/c16-14(18-13-3-5-17-6-4-13)9-10-7-11-1-2-12(8-10)15-11/h10-13,15H,1-9H2. The van der Waals surface area contributed by atoms with Crippen molar-refractivity contribution in [1.29, 1.82) is 0 Å². The monoisotopic (exact) mass is 253 g/mol. The van der Waals surface area contributed by atoms with E-state index < -0.39 is 0 Å². The summed E-state index contributed by atoms with van der Waals surface area (Å²) in [5.74, 6) is 0.546. The summed E-state index contributed by atoms with van der Waals surface area (Å²) in [6.45, 7) is 1.46. The van der Waals surface area contributed by atoms with Gasteiger partial charge in [-0.1, -0.05) is 0 Å². The minimum atomic E-state index is 0.00759. The van der Waals surface area contributed by atoms with Crippen LogP contribution in [0.4, 0.5) is 0 Å². The van der Waals surface area contributed by atoms with Crippen molar-refractivity contribution in [1.82, 2.24) is 5.32 Å². The predicted octanol–water partition coefficient (Wildman–Crippen LogP) is 1.63. The van der Waals surface area contributed by atoms with Gasteiger partial charge in [-0.2, -0.15) is 0 Å². The molecule has 2 atom stereocenters. The van der Waals surface area contributed by atoms with Gasteiger partial charge >= 0.3 is 5.97 Å². The van der Waals surface area contributed by atoms with Gasteiger partial charge in [0.2, 0.25) is 0 Å². The van der Waals surface area contributed by atoms with Gasteiger partial charge in [0.05, 0.1) is 13.2 Å². The van der Waals surface area contributed by atoms with Crippen LogP contribution in [-0.4, -0.2) is 37.4 Å². The number of esters is 1. The second-order valence-electron chi connectivity index (χ2n) is 5.98. The highest BCUT2D eigenvalue weighted by Crippen LogP contribution is 2.33. The minimum absolute atomic E-state index is 0.00759.